The fourth-order valence-corrected chi connectivity index (χ4v) is 0.424. The Kier molecular flexibility index (Phi) is 3.38. The molecule has 7 heavy (non-hydrogen) atoms. The van der Waals surface area contributed by atoms with Gasteiger partial charge in [-0.25, -0.2) is 0 Å². The molecule has 0 saturated heterocycles. The largest absolute Gasteiger partial charge is 0.298 e. The Hall–Kier alpha value is -0.530. The van der Waals surface area contributed by atoms with Crippen molar-refractivity contribution in [2.75, 3.05) is 13.1 Å². The van der Waals surface area contributed by atoms with E-state index in [1.165, 1.54) is 0 Å². The molecule has 0 saturated carbocycles. The summed E-state index contributed by atoms with van der Waals surface area (Å²) < 4.78 is 0. The zero-order valence-corrected chi connectivity index (χ0v) is 5.02. The molecule has 0 aromatic heterocycles. The van der Waals surface area contributed by atoms with E-state index in [9.17, 15) is 0 Å². The molecule has 0 aliphatic heterocycles. The molecule has 0 aromatic rings. The highest BCUT2D eigenvalue weighted by molar-refractivity contribution is 5.22. The molecule has 2 heteroatoms. The van der Waals surface area contributed by atoms with Gasteiger partial charge >= 0.3 is 0 Å². The highest BCUT2D eigenvalue weighted by Gasteiger charge is 1.84. The van der Waals surface area contributed by atoms with Crippen LogP contribution in [0, 0.1) is 0 Å². The Morgan fingerprint density at radius 3 is 1.86 bits per heavy atom. The standard InChI is InChI=1S/C5H12N2/c1-4-7(5-2)6-3/h3-5H2,1-2H3. The lowest BCUT2D eigenvalue weighted by molar-refractivity contribution is 0.324. The predicted octanol–water partition coefficient (Wildman–Crippen LogP) is 0.944. The summed E-state index contributed by atoms with van der Waals surface area (Å²) in [5.74, 6) is 0. The van der Waals surface area contributed by atoms with Gasteiger partial charge in [0.05, 0.1) is 0 Å². The van der Waals surface area contributed by atoms with Gasteiger partial charge in [0, 0.05) is 19.8 Å². The van der Waals surface area contributed by atoms with Crippen molar-refractivity contribution in [3.05, 3.63) is 0 Å². The van der Waals surface area contributed by atoms with Gasteiger partial charge in [0.2, 0.25) is 0 Å². The summed E-state index contributed by atoms with van der Waals surface area (Å²) in [7, 11) is 0. The molecular formula is C5H12N2. The van der Waals surface area contributed by atoms with Crippen LogP contribution in [0.5, 0.6) is 0 Å². The van der Waals surface area contributed by atoms with E-state index in [-0.39, 0.29) is 0 Å². The van der Waals surface area contributed by atoms with Crippen LogP contribution in [0.2, 0.25) is 0 Å². The third-order valence-electron chi connectivity index (χ3n) is 0.930. The summed E-state index contributed by atoms with van der Waals surface area (Å²) in [4.78, 5) is 0. The van der Waals surface area contributed by atoms with E-state index >= 15 is 0 Å². The fourth-order valence-electron chi connectivity index (χ4n) is 0.424. The van der Waals surface area contributed by atoms with E-state index in [4.69, 9.17) is 0 Å². The van der Waals surface area contributed by atoms with Gasteiger partial charge in [0.15, 0.2) is 0 Å². The summed E-state index contributed by atoms with van der Waals surface area (Å²) in [5, 5.41) is 5.60. The summed E-state index contributed by atoms with van der Waals surface area (Å²) in [6.45, 7) is 9.40. The monoisotopic (exact) mass is 100 g/mol. The smallest absolute Gasteiger partial charge is 0.0331 e. The second kappa shape index (κ2) is 3.65. The normalized spacial score (nSPS) is 8.29. The molecule has 42 valence electrons. The Balaban J connectivity index is 3.16. The molecule has 0 aromatic carbocycles. The first-order valence-electron chi connectivity index (χ1n) is 2.56. The van der Waals surface area contributed by atoms with Crippen molar-refractivity contribution in [1.29, 1.82) is 0 Å². The summed E-state index contributed by atoms with van der Waals surface area (Å²) in [6, 6.07) is 0. The molecule has 0 N–H and O–H groups in total. The minimum atomic E-state index is 0.958. The second-order valence-electron chi connectivity index (χ2n) is 1.28. The molecule has 2 nitrogen and oxygen atoms in total. The van der Waals surface area contributed by atoms with Crippen LogP contribution in [-0.2, 0) is 0 Å². The van der Waals surface area contributed by atoms with Gasteiger partial charge in [-0.15, -0.1) is 0 Å². The molecule has 0 atom stereocenters. The van der Waals surface area contributed by atoms with Crippen LogP contribution in [-0.4, -0.2) is 24.8 Å². The van der Waals surface area contributed by atoms with Gasteiger partial charge in [-0.1, -0.05) is 0 Å². The molecule has 0 bridgehead atoms. The maximum absolute atomic E-state index is 3.71. The molecular weight excluding hydrogens is 88.1 g/mol. The first kappa shape index (κ1) is 6.47. The molecule has 0 aliphatic rings. The Morgan fingerprint density at radius 1 is 1.43 bits per heavy atom. The van der Waals surface area contributed by atoms with Gasteiger partial charge < -0.3 is 0 Å². The quantitative estimate of drug-likeness (QED) is 0.380. The average molecular weight is 100 g/mol. The number of hydrogen-bond donors (Lipinski definition) is 0. The maximum Gasteiger partial charge on any atom is 0.0331 e. The Morgan fingerprint density at radius 2 is 1.86 bits per heavy atom. The summed E-state index contributed by atoms with van der Waals surface area (Å²) in [6.07, 6.45) is 0. The van der Waals surface area contributed by atoms with Crippen molar-refractivity contribution in [1.82, 2.24) is 5.01 Å². The number of nitrogens with zero attached hydrogens (tertiary/aromatic N) is 2. The van der Waals surface area contributed by atoms with Crippen molar-refractivity contribution < 1.29 is 0 Å². The van der Waals surface area contributed by atoms with E-state index in [1.807, 2.05) is 5.01 Å². The lowest BCUT2D eigenvalue weighted by Gasteiger charge is -2.10. The molecule has 0 fully saturated rings. The van der Waals surface area contributed by atoms with Crippen molar-refractivity contribution in [2.45, 2.75) is 13.8 Å². The molecule has 0 heterocycles. The fraction of sp³-hybridized carbons (Fsp3) is 0.800. The van der Waals surface area contributed by atoms with Crippen LogP contribution in [0.15, 0.2) is 5.10 Å². The number of hydrogen-bond acceptors (Lipinski definition) is 2. The molecule has 0 spiro atoms. The minimum absolute atomic E-state index is 0.958. The van der Waals surface area contributed by atoms with Crippen LogP contribution in [0.1, 0.15) is 13.8 Å². The lowest BCUT2D eigenvalue weighted by atomic mass is 10.6. The molecule has 0 rings (SSSR count). The number of rotatable bonds is 3. The van der Waals surface area contributed by atoms with Crippen molar-refractivity contribution in [3.63, 3.8) is 0 Å². The predicted molar refractivity (Wildman–Crippen MR) is 32.5 cm³/mol. The SMILES string of the molecule is C=NN(CC)CC. The van der Waals surface area contributed by atoms with Gasteiger partial charge in [0.1, 0.15) is 0 Å². The van der Waals surface area contributed by atoms with Gasteiger partial charge in [-0.05, 0) is 13.8 Å². The second-order valence-corrected chi connectivity index (χ2v) is 1.28. The highest BCUT2D eigenvalue weighted by Crippen LogP contribution is 1.82. The zero-order chi connectivity index (χ0) is 5.70. The van der Waals surface area contributed by atoms with E-state index in [0.29, 0.717) is 0 Å². The summed E-state index contributed by atoms with van der Waals surface area (Å²) >= 11 is 0. The highest BCUT2D eigenvalue weighted by atomic mass is 15.4. The van der Waals surface area contributed by atoms with Gasteiger partial charge in [-0.3, -0.25) is 5.01 Å². The third kappa shape index (κ3) is 2.20. The van der Waals surface area contributed by atoms with E-state index < -0.39 is 0 Å². The van der Waals surface area contributed by atoms with Crippen LogP contribution in [0.25, 0.3) is 0 Å². The molecule has 0 radical (unpaired) electrons. The van der Waals surface area contributed by atoms with E-state index in [2.05, 4.69) is 25.7 Å². The van der Waals surface area contributed by atoms with Crippen molar-refractivity contribution in [2.24, 2.45) is 5.10 Å². The molecule has 0 aliphatic carbocycles. The van der Waals surface area contributed by atoms with Crippen LogP contribution in [0.4, 0.5) is 0 Å². The van der Waals surface area contributed by atoms with E-state index in [0.717, 1.165) is 13.1 Å². The van der Waals surface area contributed by atoms with Crippen LogP contribution < -0.4 is 0 Å². The van der Waals surface area contributed by atoms with Crippen LogP contribution in [0.3, 0.4) is 0 Å². The summed E-state index contributed by atoms with van der Waals surface area (Å²) in [5.41, 5.74) is 0. The van der Waals surface area contributed by atoms with Gasteiger partial charge in [-0.2, -0.15) is 5.10 Å². The molecule has 0 amide bonds. The zero-order valence-electron chi connectivity index (χ0n) is 5.02. The lowest BCUT2D eigenvalue weighted by Crippen LogP contribution is -2.14. The minimum Gasteiger partial charge on any atom is -0.298 e. The number of hydrazone groups is 1. The van der Waals surface area contributed by atoms with Crippen LogP contribution >= 0.6 is 0 Å². The Labute approximate surface area is 44.8 Å². The van der Waals surface area contributed by atoms with Crippen molar-refractivity contribution in [3.8, 4) is 0 Å². The van der Waals surface area contributed by atoms with Crippen molar-refractivity contribution >= 4 is 6.72 Å². The van der Waals surface area contributed by atoms with E-state index in [1.54, 1.807) is 0 Å². The van der Waals surface area contributed by atoms with Gasteiger partial charge in [0.25, 0.3) is 0 Å². The third-order valence-corrected chi connectivity index (χ3v) is 0.930. The molecule has 0 unspecified atom stereocenters. The Bertz CT molecular complexity index is 48.0. The first-order valence-corrected chi connectivity index (χ1v) is 2.56. The average Bonchev–Trinajstić information content (AvgIpc) is 1.72. The maximum atomic E-state index is 3.71. The topological polar surface area (TPSA) is 15.6 Å². The first-order chi connectivity index (χ1) is 3.35.